The van der Waals surface area contributed by atoms with E-state index in [1.165, 1.54) is 13.8 Å². The van der Waals surface area contributed by atoms with E-state index in [2.05, 4.69) is 5.32 Å². The summed E-state index contributed by atoms with van der Waals surface area (Å²) in [6, 6.07) is 1.23. The Kier molecular flexibility index (Phi) is 4.18. The second-order valence-electron chi connectivity index (χ2n) is 6.45. The Hall–Kier alpha value is -2.81. The van der Waals surface area contributed by atoms with Crippen LogP contribution in [0.3, 0.4) is 0 Å². The van der Waals surface area contributed by atoms with Crippen LogP contribution >= 0.6 is 12.2 Å². The zero-order chi connectivity index (χ0) is 19.3. The number of thiocarbonyl (C=S) groups is 1. The first kappa shape index (κ1) is 17.6. The van der Waals surface area contributed by atoms with Gasteiger partial charge >= 0.3 is 11.9 Å². The maximum Gasteiger partial charge on any atom is 0.303 e. The van der Waals surface area contributed by atoms with Gasteiger partial charge in [0.2, 0.25) is 12.5 Å². The maximum atomic E-state index is 11.6. The van der Waals surface area contributed by atoms with Crippen molar-refractivity contribution in [2.24, 2.45) is 0 Å². The molecule has 1 aromatic carbocycles. The van der Waals surface area contributed by atoms with Gasteiger partial charge in [-0.3, -0.25) is 9.59 Å². The molecule has 1 aliphatic carbocycles. The van der Waals surface area contributed by atoms with Gasteiger partial charge in [-0.2, -0.15) is 0 Å². The van der Waals surface area contributed by atoms with Crippen molar-refractivity contribution in [3.63, 3.8) is 0 Å². The van der Waals surface area contributed by atoms with Gasteiger partial charge in [-0.05, 0) is 17.2 Å². The molecule has 0 unspecified atom stereocenters. The first-order valence-electron chi connectivity index (χ1n) is 8.38. The van der Waals surface area contributed by atoms with Crippen LogP contribution in [-0.4, -0.2) is 47.1 Å². The molecule has 0 spiro atoms. The molecule has 0 radical (unpaired) electrons. The minimum Gasteiger partial charge on any atom is -0.504 e. The maximum absolute atomic E-state index is 11.6. The van der Waals surface area contributed by atoms with E-state index in [4.69, 9.17) is 31.2 Å². The topological polar surface area (TPSA) is 103 Å². The van der Waals surface area contributed by atoms with Gasteiger partial charge in [0, 0.05) is 20.3 Å². The van der Waals surface area contributed by atoms with E-state index in [9.17, 15) is 14.7 Å². The fourth-order valence-corrected chi connectivity index (χ4v) is 4.03. The molecule has 3 atom stereocenters. The van der Waals surface area contributed by atoms with Crippen molar-refractivity contribution in [2.45, 2.75) is 38.5 Å². The van der Waals surface area contributed by atoms with Crippen LogP contribution in [0.15, 0.2) is 12.1 Å². The molecule has 0 bridgehead atoms. The molecule has 3 aliphatic rings. The Morgan fingerprint density at radius 2 is 2.00 bits per heavy atom. The van der Waals surface area contributed by atoms with E-state index in [0.717, 1.165) is 5.57 Å². The van der Waals surface area contributed by atoms with Crippen LogP contribution in [-0.2, 0) is 19.1 Å². The summed E-state index contributed by atoms with van der Waals surface area (Å²) in [4.78, 5) is 23.4. The van der Waals surface area contributed by atoms with Crippen LogP contribution in [0.5, 0.6) is 17.2 Å². The summed E-state index contributed by atoms with van der Waals surface area (Å²) >= 11 is 5.44. The number of carbonyl (C=O) groups is 2. The predicted octanol–water partition coefficient (Wildman–Crippen LogP) is 1.42. The van der Waals surface area contributed by atoms with Crippen molar-refractivity contribution in [3.8, 4) is 17.2 Å². The normalized spacial score (nSPS) is 24.9. The highest BCUT2D eigenvalue weighted by atomic mass is 32.1. The number of hydrogen-bond donors (Lipinski definition) is 2. The zero-order valence-corrected chi connectivity index (χ0v) is 15.4. The van der Waals surface area contributed by atoms with Gasteiger partial charge in [0.1, 0.15) is 11.1 Å². The molecular weight excluding hydrogens is 374 g/mol. The van der Waals surface area contributed by atoms with Crippen molar-refractivity contribution in [1.29, 1.82) is 0 Å². The molecule has 0 saturated carbocycles. The predicted molar refractivity (Wildman–Crippen MR) is 96.6 cm³/mol. The van der Waals surface area contributed by atoms with Crippen LogP contribution in [0, 0.1) is 0 Å². The lowest BCUT2D eigenvalue weighted by Crippen LogP contribution is -2.55. The molecule has 2 heterocycles. The van der Waals surface area contributed by atoms with Gasteiger partial charge in [-0.25, -0.2) is 0 Å². The van der Waals surface area contributed by atoms with Gasteiger partial charge in [0.15, 0.2) is 17.6 Å². The fraction of sp³-hybridized carbons (Fsp3) is 0.389. The average molecular weight is 391 g/mol. The van der Waals surface area contributed by atoms with Gasteiger partial charge < -0.3 is 29.4 Å². The largest absolute Gasteiger partial charge is 0.504 e. The Balaban J connectivity index is 1.81. The van der Waals surface area contributed by atoms with Crippen LogP contribution in [0.1, 0.15) is 31.4 Å². The van der Waals surface area contributed by atoms with Gasteiger partial charge in [-0.15, -0.1) is 0 Å². The number of ether oxygens (including phenoxy) is 4. The van der Waals surface area contributed by atoms with Crippen molar-refractivity contribution in [2.75, 3.05) is 6.79 Å². The number of aromatic hydroxyl groups is 1. The van der Waals surface area contributed by atoms with E-state index in [1.54, 1.807) is 6.07 Å². The summed E-state index contributed by atoms with van der Waals surface area (Å²) < 4.78 is 21.5. The van der Waals surface area contributed by atoms with E-state index in [-0.39, 0.29) is 23.3 Å². The van der Waals surface area contributed by atoms with Crippen molar-refractivity contribution < 1.29 is 33.6 Å². The summed E-state index contributed by atoms with van der Waals surface area (Å²) in [6.07, 6.45) is 0.838. The summed E-state index contributed by atoms with van der Waals surface area (Å²) in [5, 5.41) is 13.7. The molecule has 1 aromatic rings. The molecule has 8 nitrogen and oxygen atoms in total. The minimum atomic E-state index is -0.759. The van der Waals surface area contributed by atoms with Crippen molar-refractivity contribution in [1.82, 2.24) is 5.32 Å². The Bertz CT molecular complexity index is 894. The first-order chi connectivity index (χ1) is 12.9. The number of fused-ring (bicyclic) bond motifs is 4. The lowest BCUT2D eigenvalue weighted by molar-refractivity contribution is -0.166. The fourth-order valence-electron chi connectivity index (χ4n) is 3.69. The third-order valence-corrected chi connectivity index (χ3v) is 5.00. The summed E-state index contributed by atoms with van der Waals surface area (Å²) in [7, 11) is 0. The number of benzene rings is 1. The van der Waals surface area contributed by atoms with Crippen LogP contribution in [0.25, 0.3) is 5.57 Å². The van der Waals surface area contributed by atoms with E-state index in [0.29, 0.717) is 23.3 Å². The molecule has 2 aliphatic heterocycles. The second-order valence-corrected chi connectivity index (χ2v) is 6.86. The summed E-state index contributed by atoms with van der Waals surface area (Å²) in [6.45, 7) is 2.61. The number of nitrogens with one attached hydrogen (secondary N) is 1. The van der Waals surface area contributed by atoms with Crippen molar-refractivity contribution in [3.05, 3.63) is 23.3 Å². The molecule has 142 valence electrons. The van der Waals surface area contributed by atoms with Gasteiger partial charge in [-0.1, -0.05) is 18.3 Å². The third-order valence-electron chi connectivity index (χ3n) is 4.68. The SMILES string of the molecule is CC(=O)O[C@H]1[C@@H]2NC(=S)c3c(cc4c(c3O)OCO4)C2=CC[C@H]1OC(C)=O. The summed E-state index contributed by atoms with van der Waals surface area (Å²) in [5.74, 6) is -0.383. The van der Waals surface area contributed by atoms with E-state index < -0.39 is 30.2 Å². The number of rotatable bonds is 2. The van der Waals surface area contributed by atoms with Gasteiger partial charge in [0.05, 0.1) is 11.6 Å². The highest BCUT2D eigenvalue weighted by Gasteiger charge is 2.44. The smallest absolute Gasteiger partial charge is 0.303 e. The molecule has 0 amide bonds. The number of carbonyl (C=O) groups excluding carboxylic acids is 2. The number of phenolic OH excluding ortho intramolecular Hbond substituents is 1. The monoisotopic (exact) mass is 391 g/mol. The minimum absolute atomic E-state index is 0.0129. The quantitative estimate of drug-likeness (QED) is 0.572. The molecule has 27 heavy (non-hydrogen) atoms. The molecule has 2 N–H and O–H groups in total. The lowest BCUT2D eigenvalue weighted by atomic mass is 9.80. The molecule has 4 rings (SSSR count). The molecule has 0 aromatic heterocycles. The third kappa shape index (κ3) is 2.87. The Labute approximate surface area is 160 Å². The highest BCUT2D eigenvalue weighted by Crippen LogP contribution is 2.49. The summed E-state index contributed by atoms with van der Waals surface area (Å²) in [5.41, 5.74) is 1.88. The van der Waals surface area contributed by atoms with Crippen LogP contribution in [0.2, 0.25) is 0 Å². The first-order valence-corrected chi connectivity index (χ1v) is 8.79. The van der Waals surface area contributed by atoms with Crippen LogP contribution < -0.4 is 14.8 Å². The molecule has 9 heteroatoms. The zero-order valence-electron chi connectivity index (χ0n) is 14.6. The van der Waals surface area contributed by atoms with Crippen molar-refractivity contribution >= 4 is 34.7 Å². The molecular formula is C18H17NO7S. The van der Waals surface area contributed by atoms with E-state index >= 15 is 0 Å². The number of phenols is 1. The van der Waals surface area contributed by atoms with E-state index in [1.807, 2.05) is 6.08 Å². The molecule has 0 saturated heterocycles. The second kappa shape index (κ2) is 6.41. The number of hydrogen-bond acceptors (Lipinski definition) is 8. The average Bonchev–Trinajstić information content (AvgIpc) is 3.05. The Morgan fingerprint density at radius 1 is 1.26 bits per heavy atom. The Morgan fingerprint density at radius 3 is 2.70 bits per heavy atom. The molecule has 0 fully saturated rings. The van der Waals surface area contributed by atoms with Gasteiger partial charge in [0.25, 0.3) is 0 Å². The standard InChI is InChI=1S/C18H17NO7S/c1-7(20)25-11-4-3-9-10-5-12-17(24-6-23-12)15(22)13(10)18(27)19-14(9)16(11)26-8(2)21/h3,5,11,14,16,22H,4,6H2,1-2H3,(H,19,27)/t11-,14-,16-/m1/s1. The lowest BCUT2D eigenvalue weighted by Gasteiger charge is -2.41. The number of esters is 2. The highest BCUT2D eigenvalue weighted by molar-refractivity contribution is 7.80. The van der Waals surface area contributed by atoms with Crippen LogP contribution in [0.4, 0.5) is 0 Å².